The Bertz CT molecular complexity index is 559. The fourth-order valence-corrected chi connectivity index (χ4v) is 1.80. The van der Waals surface area contributed by atoms with Gasteiger partial charge in [-0.05, 0) is 17.5 Å². The lowest BCUT2D eigenvalue weighted by molar-refractivity contribution is -0.138. The predicted molar refractivity (Wildman–Crippen MR) is 79.1 cm³/mol. The van der Waals surface area contributed by atoms with Crippen LogP contribution in [0, 0.1) is 5.92 Å². The molecule has 0 aromatic heterocycles. The van der Waals surface area contributed by atoms with E-state index in [1.807, 2.05) is 0 Å². The van der Waals surface area contributed by atoms with Crippen LogP contribution in [0.3, 0.4) is 0 Å². The molecule has 0 aliphatic rings. The molecule has 0 aliphatic heterocycles. The first-order valence-electron chi connectivity index (χ1n) is 7.08. The molecule has 8 heteroatoms. The fourth-order valence-electron chi connectivity index (χ4n) is 1.80. The van der Waals surface area contributed by atoms with Crippen LogP contribution in [0.5, 0.6) is 0 Å². The standard InChI is InChI=1S/C15H20F3N3O2/c1-9(2)13(19)14(23)21-8-12(22)20-7-10-5-3-4-6-11(10)15(16,17)18/h3-6,9,13H,7-8,19H2,1-2H3,(H,20,22)(H,21,23)/t13-/m0/s1. The fraction of sp³-hybridized carbons (Fsp3) is 0.467. The van der Waals surface area contributed by atoms with Gasteiger partial charge in [0.15, 0.2) is 0 Å². The molecule has 0 radical (unpaired) electrons. The molecule has 0 saturated heterocycles. The lowest BCUT2D eigenvalue weighted by atomic mass is 10.1. The van der Waals surface area contributed by atoms with Crippen molar-refractivity contribution in [1.29, 1.82) is 0 Å². The number of rotatable bonds is 6. The lowest BCUT2D eigenvalue weighted by Gasteiger charge is -2.16. The van der Waals surface area contributed by atoms with Gasteiger partial charge in [0.1, 0.15) is 0 Å². The first kappa shape index (κ1) is 19.0. The molecule has 0 unspecified atom stereocenters. The third-order valence-electron chi connectivity index (χ3n) is 3.24. The van der Waals surface area contributed by atoms with Crippen molar-refractivity contribution in [1.82, 2.24) is 10.6 Å². The van der Waals surface area contributed by atoms with Crippen molar-refractivity contribution in [3.8, 4) is 0 Å². The molecule has 2 amide bonds. The molecular formula is C15H20F3N3O2. The Labute approximate surface area is 132 Å². The quantitative estimate of drug-likeness (QED) is 0.737. The van der Waals surface area contributed by atoms with Gasteiger partial charge >= 0.3 is 6.18 Å². The van der Waals surface area contributed by atoms with Crippen molar-refractivity contribution in [3.63, 3.8) is 0 Å². The Hall–Kier alpha value is -2.09. The summed E-state index contributed by atoms with van der Waals surface area (Å²) in [6.45, 7) is 2.91. The second-order valence-corrected chi connectivity index (χ2v) is 5.42. The van der Waals surface area contributed by atoms with Gasteiger partial charge in [0.05, 0.1) is 18.2 Å². The van der Waals surface area contributed by atoms with Gasteiger partial charge in [-0.15, -0.1) is 0 Å². The summed E-state index contributed by atoms with van der Waals surface area (Å²) in [6.07, 6.45) is -4.49. The molecule has 4 N–H and O–H groups in total. The van der Waals surface area contributed by atoms with E-state index in [1.54, 1.807) is 13.8 Å². The Balaban J connectivity index is 2.53. The zero-order valence-corrected chi connectivity index (χ0v) is 12.9. The van der Waals surface area contributed by atoms with E-state index in [9.17, 15) is 22.8 Å². The van der Waals surface area contributed by atoms with Gasteiger partial charge in [0, 0.05) is 6.54 Å². The zero-order chi connectivity index (χ0) is 17.6. The highest BCUT2D eigenvalue weighted by Crippen LogP contribution is 2.31. The molecule has 128 valence electrons. The van der Waals surface area contributed by atoms with Gasteiger partial charge in [-0.1, -0.05) is 32.0 Å². The van der Waals surface area contributed by atoms with Crippen molar-refractivity contribution in [3.05, 3.63) is 35.4 Å². The Morgan fingerprint density at radius 2 is 1.78 bits per heavy atom. The third-order valence-corrected chi connectivity index (χ3v) is 3.24. The van der Waals surface area contributed by atoms with Crippen molar-refractivity contribution in [2.75, 3.05) is 6.54 Å². The number of carbonyl (C=O) groups is 2. The van der Waals surface area contributed by atoms with Crippen molar-refractivity contribution in [2.45, 2.75) is 32.6 Å². The molecule has 1 aromatic carbocycles. The van der Waals surface area contributed by atoms with E-state index in [-0.39, 0.29) is 24.6 Å². The van der Waals surface area contributed by atoms with Crippen molar-refractivity contribution < 1.29 is 22.8 Å². The number of hydrogen-bond acceptors (Lipinski definition) is 3. The maximum atomic E-state index is 12.8. The number of alkyl halides is 3. The number of nitrogens with two attached hydrogens (primary N) is 1. The lowest BCUT2D eigenvalue weighted by Crippen LogP contribution is -2.47. The van der Waals surface area contributed by atoms with Crippen molar-refractivity contribution >= 4 is 11.8 Å². The third kappa shape index (κ3) is 5.90. The van der Waals surface area contributed by atoms with E-state index in [2.05, 4.69) is 10.6 Å². The summed E-state index contributed by atoms with van der Waals surface area (Å²) in [5.41, 5.74) is 4.77. The molecule has 1 atom stereocenters. The number of carbonyl (C=O) groups excluding carboxylic acids is 2. The average Bonchev–Trinajstić information content (AvgIpc) is 2.49. The smallest absolute Gasteiger partial charge is 0.350 e. The van der Waals surface area contributed by atoms with E-state index in [0.717, 1.165) is 6.07 Å². The van der Waals surface area contributed by atoms with Gasteiger partial charge in [0.2, 0.25) is 11.8 Å². The molecule has 0 fully saturated rings. The van der Waals surface area contributed by atoms with E-state index in [0.29, 0.717) is 0 Å². The molecule has 1 rings (SSSR count). The highest BCUT2D eigenvalue weighted by atomic mass is 19.4. The van der Waals surface area contributed by atoms with Crippen LogP contribution in [0.2, 0.25) is 0 Å². The van der Waals surface area contributed by atoms with Gasteiger partial charge in [0.25, 0.3) is 0 Å². The van der Waals surface area contributed by atoms with Gasteiger partial charge in [-0.2, -0.15) is 13.2 Å². The van der Waals surface area contributed by atoms with Gasteiger partial charge in [-0.25, -0.2) is 0 Å². The van der Waals surface area contributed by atoms with Gasteiger partial charge < -0.3 is 16.4 Å². The Morgan fingerprint density at radius 3 is 2.35 bits per heavy atom. The molecule has 23 heavy (non-hydrogen) atoms. The maximum absolute atomic E-state index is 12.8. The Morgan fingerprint density at radius 1 is 1.17 bits per heavy atom. The normalized spacial score (nSPS) is 12.8. The van der Waals surface area contributed by atoms with Crippen LogP contribution in [-0.4, -0.2) is 24.4 Å². The second-order valence-electron chi connectivity index (χ2n) is 5.42. The van der Waals surface area contributed by atoms with Crippen LogP contribution < -0.4 is 16.4 Å². The topological polar surface area (TPSA) is 84.2 Å². The summed E-state index contributed by atoms with van der Waals surface area (Å²) in [5, 5.41) is 4.69. The predicted octanol–water partition coefficient (Wildman–Crippen LogP) is 1.42. The summed E-state index contributed by atoms with van der Waals surface area (Å²) < 4.78 is 38.4. The van der Waals surface area contributed by atoms with Crippen LogP contribution >= 0.6 is 0 Å². The molecular weight excluding hydrogens is 311 g/mol. The summed E-state index contributed by atoms with van der Waals surface area (Å²) in [6, 6.07) is 4.23. The largest absolute Gasteiger partial charge is 0.416 e. The summed E-state index contributed by atoms with van der Waals surface area (Å²) >= 11 is 0. The minimum Gasteiger partial charge on any atom is -0.350 e. The van der Waals surface area contributed by atoms with Crippen LogP contribution in [0.4, 0.5) is 13.2 Å². The van der Waals surface area contributed by atoms with Crippen LogP contribution in [-0.2, 0) is 22.3 Å². The molecule has 1 aromatic rings. The SMILES string of the molecule is CC(C)[C@H](N)C(=O)NCC(=O)NCc1ccccc1C(F)(F)F. The second kappa shape index (κ2) is 7.96. The van der Waals surface area contributed by atoms with Crippen LogP contribution in [0.25, 0.3) is 0 Å². The van der Waals surface area contributed by atoms with Gasteiger partial charge in [-0.3, -0.25) is 9.59 Å². The number of nitrogens with one attached hydrogen (secondary N) is 2. The summed E-state index contributed by atoms with van der Waals surface area (Å²) in [7, 11) is 0. The molecule has 0 spiro atoms. The minimum absolute atomic E-state index is 0.0430. The average molecular weight is 331 g/mol. The zero-order valence-electron chi connectivity index (χ0n) is 12.9. The van der Waals surface area contributed by atoms with Crippen LogP contribution in [0.15, 0.2) is 24.3 Å². The molecule has 5 nitrogen and oxygen atoms in total. The maximum Gasteiger partial charge on any atom is 0.416 e. The molecule has 0 heterocycles. The van der Waals surface area contributed by atoms with E-state index >= 15 is 0 Å². The van der Waals surface area contributed by atoms with E-state index < -0.39 is 29.6 Å². The monoisotopic (exact) mass is 331 g/mol. The summed E-state index contributed by atoms with van der Waals surface area (Å²) in [5.74, 6) is -1.16. The highest BCUT2D eigenvalue weighted by molar-refractivity contribution is 5.87. The molecule has 0 saturated carbocycles. The highest BCUT2D eigenvalue weighted by Gasteiger charge is 2.32. The first-order chi connectivity index (χ1) is 10.6. The summed E-state index contributed by atoms with van der Waals surface area (Å²) in [4.78, 5) is 23.2. The number of amides is 2. The number of halogens is 3. The van der Waals surface area contributed by atoms with E-state index in [1.165, 1.54) is 18.2 Å². The van der Waals surface area contributed by atoms with Crippen LogP contribution in [0.1, 0.15) is 25.0 Å². The molecule has 0 aliphatic carbocycles. The molecule has 0 bridgehead atoms. The first-order valence-corrected chi connectivity index (χ1v) is 7.08. The van der Waals surface area contributed by atoms with Crippen molar-refractivity contribution in [2.24, 2.45) is 11.7 Å². The number of benzene rings is 1. The van der Waals surface area contributed by atoms with E-state index in [4.69, 9.17) is 5.73 Å². The minimum atomic E-state index is -4.49. The number of hydrogen-bond donors (Lipinski definition) is 3. The Kier molecular flexibility index (Phi) is 6.56.